The molecule has 8 heteroatoms. The van der Waals surface area contributed by atoms with E-state index in [0.717, 1.165) is 22.2 Å². The molecule has 4 aromatic rings. The van der Waals surface area contributed by atoms with E-state index in [2.05, 4.69) is 25.5 Å². The zero-order valence-electron chi connectivity index (χ0n) is 15.1. The van der Waals surface area contributed by atoms with Gasteiger partial charge in [0, 0.05) is 30.2 Å². The Bertz CT molecular complexity index is 1080. The molecule has 1 atom stereocenters. The van der Waals surface area contributed by atoms with Crippen LogP contribution in [0.3, 0.4) is 0 Å². The van der Waals surface area contributed by atoms with Gasteiger partial charge < -0.3 is 5.32 Å². The Balaban J connectivity index is 1.67. The molecular formula is C19H19N7O. The first-order valence-electron chi connectivity index (χ1n) is 8.62. The number of hydrogen-bond donors (Lipinski definition) is 1. The van der Waals surface area contributed by atoms with E-state index in [-0.39, 0.29) is 11.9 Å². The molecule has 3 heterocycles. The molecule has 0 fully saturated rings. The minimum atomic E-state index is -0.147. The number of pyridine rings is 1. The van der Waals surface area contributed by atoms with Crippen LogP contribution in [-0.2, 0) is 13.6 Å². The number of benzene rings is 1. The Labute approximate surface area is 155 Å². The van der Waals surface area contributed by atoms with Crippen LogP contribution in [0.5, 0.6) is 0 Å². The van der Waals surface area contributed by atoms with E-state index >= 15 is 0 Å². The average Bonchev–Trinajstić information content (AvgIpc) is 3.32. The molecule has 1 N–H and O–H groups in total. The molecule has 0 radical (unpaired) electrons. The van der Waals surface area contributed by atoms with Crippen molar-refractivity contribution in [2.45, 2.75) is 19.5 Å². The number of carbonyl (C=O) groups is 1. The molecule has 136 valence electrons. The molecule has 0 aliphatic heterocycles. The van der Waals surface area contributed by atoms with Crippen molar-refractivity contribution in [2.75, 3.05) is 0 Å². The minimum absolute atomic E-state index is 0.104. The first-order valence-corrected chi connectivity index (χ1v) is 8.62. The molecule has 8 nitrogen and oxygen atoms in total. The number of nitrogens with zero attached hydrogens (tertiary/aromatic N) is 6. The Morgan fingerprint density at radius 1 is 1.26 bits per heavy atom. The van der Waals surface area contributed by atoms with E-state index in [0.29, 0.717) is 12.1 Å². The van der Waals surface area contributed by atoms with E-state index in [1.165, 1.54) is 6.33 Å². The van der Waals surface area contributed by atoms with Gasteiger partial charge >= 0.3 is 0 Å². The number of rotatable bonds is 5. The first-order chi connectivity index (χ1) is 13.1. The van der Waals surface area contributed by atoms with E-state index in [9.17, 15) is 4.79 Å². The van der Waals surface area contributed by atoms with Crippen LogP contribution in [0.4, 0.5) is 0 Å². The highest BCUT2D eigenvalue weighted by Crippen LogP contribution is 2.24. The molecule has 0 saturated heterocycles. The normalized spacial score (nSPS) is 12.2. The highest BCUT2D eigenvalue weighted by molar-refractivity contribution is 6.07. The second kappa shape index (κ2) is 6.99. The lowest BCUT2D eigenvalue weighted by Crippen LogP contribution is -2.36. The molecular weight excluding hydrogens is 342 g/mol. The average molecular weight is 361 g/mol. The third-order valence-corrected chi connectivity index (χ3v) is 4.27. The molecule has 0 saturated carbocycles. The van der Waals surface area contributed by atoms with Crippen LogP contribution in [-0.4, -0.2) is 41.5 Å². The topological polar surface area (TPSA) is 90.5 Å². The van der Waals surface area contributed by atoms with Gasteiger partial charge in [0.15, 0.2) is 0 Å². The number of carbonyl (C=O) groups excluding carboxylic acids is 1. The summed E-state index contributed by atoms with van der Waals surface area (Å²) in [7, 11) is 1.85. The van der Waals surface area contributed by atoms with Crippen molar-refractivity contribution < 1.29 is 4.79 Å². The molecule has 27 heavy (non-hydrogen) atoms. The van der Waals surface area contributed by atoms with Crippen molar-refractivity contribution in [1.29, 1.82) is 0 Å². The van der Waals surface area contributed by atoms with Crippen LogP contribution in [0.1, 0.15) is 17.3 Å². The van der Waals surface area contributed by atoms with Crippen LogP contribution in [0.15, 0.2) is 55.4 Å². The fourth-order valence-corrected chi connectivity index (χ4v) is 3.02. The summed E-state index contributed by atoms with van der Waals surface area (Å²) in [6.07, 6.45) is 6.73. The van der Waals surface area contributed by atoms with Gasteiger partial charge in [-0.15, -0.1) is 0 Å². The largest absolute Gasteiger partial charge is 0.348 e. The van der Waals surface area contributed by atoms with Gasteiger partial charge in [-0.2, -0.15) is 10.2 Å². The van der Waals surface area contributed by atoms with Crippen LogP contribution < -0.4 is 5.32 Å². The van der Waals surface area contributed by atoms with Gasteiger partial charge in [-0.3, -0.25) is 14.2 Å². The summed E-state index contributed by atoms with van der Waals surface area (Å²) in [5, 5.41) is 12.1. The van der Waals surface area contributed by atoms with Crippen molar-refractivity contribution in [3.8, 4) is 11.3 Å². The summed E-state index contributed by atoms with van der Waals surface area (Å²) >= 11 is 0. The molecule has 0 spiro atoms. The quantitative estimate of drug-likeness (QED) is 0.587. The molecule has 0 bridgehead atoms. The molecule has 0 aliphatic rings. The van der Waals surface area contributed by atoms with Gasteiger partial charge in [-0.05, 0) is 19.1 Å². The van der Waals surface area contributed by atoms with Gasteiger partial charge in [-0.1, -0.05) is 18.2 Å². The third kappa shape index (κ3) is 3.55. The summed E-state index contributed by atoms with van der Waals surface area (Å²) < 4.78 is 3.41. The van der Waals surface area contributed by atoms with Crippen molar-refractivity contribution >= 4 is 16.8 Å². The number of para-hydroxylation sites is 1. The van der Waals surface area contributed by atoms with Gasteiger partial charge in [0.1, 0.15) is 12.7 Å². The number of hydrogen-bond acceptors (Lipinski definition) is 5. The summed E-state index contributed by atoms with van der Waals surface area (Å²) in [5.74, 6) is -0.147. The molecule has 1 unspecified atom stereocenters. The lowest BCUT2D eigenvalue weighted by Gasteiger charge is -2.15. The van der Waals surface area contributed by atoms with E-state index in [4.69, 9.17) is 0 Å². The van der Waals surface area contributed by atoms with Crippen LogP contribution in [0, 0.1) is 0 Å². The minimum Gasteiger partial charge on any atom is -0.348 e. The maximum atomic E-state index is 13.0. The maximum Gasteiger partial charge on any atom is 0.252 e. The van der Waals surface area contributed by atoms with E-state index in [1.807, 2.05) is 50.5 Å². The Morgan fingerprint density at radius 2 is 2.11 bits per heavy atom. The Morgan fingerprint density at radius 3 is 2.85 bits per heavy atom. The van der Waals surface area contributed by atoms with Gasteiger partial charge in [0.05, 0.1) is 29.5 Å². The zero-order chi connectivity index (χ0) is 18.8. The summed E-state index contributed by atoms with van der Waals surface area (Å²) in [5.41, 5.74) is 2.95. The van der Waals surface area contributed by atoms with Gasteiger partial charge in [0.25, 0.3) is 5.91 Å². The summed E-state index contributed by atoms with van der Waals surface area (Å²) in [4.78, 5) is 21.6. The monoisotopic (exact) mass is 361 g/mol. The highest BCUT2D eigenvalue weighted by Gasteiger charge is 2.16. The van der Waals surface area contributed by atoms with Crippen molar-refractivity contribution in [3.05, 3.63) is 60.9 Å². The van der Waals surface area contributed by atoms with E-state index < -0.39 is 0 Å². The fraction of sp³-hybridized carbons (Fsp3) is 0.211. The second-order valence-corrected chi connectivity index (χ2v) is 6.47. The summed E-state index contributed by atoms with van der Waals surface area (Å²) in [6.45, 7) is 2.48. The molecule has 3 aromatic heterocycles. The van der Waals surface area contributed by atoms with Crippen LogP contribution in [0.2, 0.25) is 0 Å². The fourth-order valence-electron chi connectivity index (χ4n) is 3.02. The first kappa shape index (κ1) is 16.9. The van der Waals surface area contributed by atoms with Crippen molar-refractivity contribution in [2.24, 2.45) is 7.05 Å². The molecule has 1 aromatic carbocycles. The number of nitrogens with one attached hydrogen (secondary N) is 1. The lowest BCUT2D eigenvalue weighted by molar-refractivity contribution is 0.0937. The number of aromatic nitrogens is 6. The predicted molar refractivity (Wildman–Crippen MR) is 101 cm³/mol. The number of amides is 1. The number of fused-ring (bicyclic) bond motifs is 1. The summed E-state index contributed by atoms with van der Waals surface area (Å²) in [6, 6.07) is 9.35. The highest BCUT2D eigenvalue weighted by atomic mass is 16.1. The van der Waals surface area contributed by atoms with E-state index in [1.54, 1.807) is 21.9 Å². The molecule has 4 rings (SSSR count). The van der Waals surface area contributed by atoms with Crippen LogP contribution >= 0.6 is 0 Å². The zero-order valence-corrected chi connectivity index (χ0v) is 15.1. The van der Waals surface area contributed by atoms with Crippen molar-refractivity contribution in [3.63, 3.8) is 0 Å². The SMILES string of the molecule is CC(Cn1cncn1)NC(=O)c1cc(-c2cnn(C)c2)nc2ccccc12. The van der Waals surface area contributed by atoms with Gasteiger partial charge in [-0.25, -0.2) is 9.97 Å². The molecule has 0 aliphatic carbocycles. The Hall–Kier alpha value is -3.55. The Kier molecular flexibility index (Phi) is 4.37. The smallest absolute Gasteiger partial charge is 0.252 e. The van der Waals surface area contributed by atoms with Crippen LogP contribution in [0.25, 0.3) is 22.2 Å². The standard InChI is InChI=1S/C19H19N7O/c1-13(9-26-12-20-11-22-26)23-19(27)16-7-18(14-8-21-25(2)10-14)24-17-6-4-3-5-15(16)17/h3-8,10-13H,9H2,1-2H3,(H,23,27). The lowest BCUT2D eigenvalue weighted by atomic mass is 10.0. The second-order valence-electron chi connectivity index (χ2n) is 6.47. The predicted octanol–water partition coefficient (Wildman–Crippen LogP) is 2.05. The third-order valence-electron chi connectivity index (χ3n) is 4.27. The maximum absolute atomic E-state index is 13.0. The molecule has 1 amide bonds. The van der Waals surface area contributed by atoms with Crippen molar-refractivity contribution in [1.82, 2.24) is 34.8 Å². The number of aryl methyl sites for hydroxylation is 1. The van der Waals surface area contributed by atoms with Gasteiger partial charge in [0.2, 0.25) is 0 Å².